The average molecular weight is 189 g/mol. The van der Waals surface area contributed by atoms with E-state index in [4.69, 9.17) is 11.6 Å². The van der Waals surface area contributed by atoms with Crippen molar-refractivity contribution in [2.45, 2.75) is 31.6 Å². The summed E-state index contributed by atoms with van der Waals surface area (Å²) in [5, 5.41) is 2.45. The molecule has 0 N–H and O–H groups in total. The fourth-order valence-corrected chi connectivity index (χ4v) is 1.92. The minimum absolute atomic E-state index is 0.329. The van der Waals surface area contributed by atoms with Crippen LogP contribution in [0.15, 0.2) is 17.5 Å². The maximum atomic E-state index is 5.82. The zero-order valence-corrected chi connectivity index (χ0v) is 8.29. The molecule has 2 heteroatoms. The van der Waals surface area contributed by atoms with Crippen molar-refractivity contribution in [3.63, 3.8) is 0 Å². The van der Waals surface area contributed by atoms with Gasteiger partial charge in [0.1, 0.15) is 0 Å². The van der Waals surface area contributed by atoms with Crippen LogP contribution in [0.2, 0.25) is 0 Å². The van der Waals surface area contributed by atoms with Gasteiger partial charge in [0.25, 0.3) is 0 Å². The quantitative estimate of drug-likeness (QED) is 0.633. The molecule has 0 aliphatic rings. The molecule has 0 radical (unpaired) electrons. The van der Waals surface area contributed by atoms with Crippen LogP contribution in [0.1, 0.15) is 24.6 Å². The van der Waals surface area contributed by atoms with Crippen LogP contribution in [0.4, 0.5) is 0 Å². The largest absolute Gasteiger partial charge is 0.149 e. The summed E-state index contributed by atoms with van der Waals surface area (Å²) in [6.45, 7) is 2.05. The fourth-order valence-electron chi connectivity index (χ4n) is 1.01. The lowest BCUT2D eigenvalue weighted by atomic mass is 10.2. The van der Waals surface area contributed by atoms with Crippen LogP contribution in [-0.2, 0) is 6.42 Å². The molecule has 0 spiro atoms. The van der Waals surface area contributed by atoms with E-state index in [1.807, 2.05) is 11.3 Å². The lowest BCUT2D eigenvalue weighted by Crippen LogP contribution is -1.91. The third-order valence-electron chi connectivity index (χ3n) is 1.61. The molecule has 0 aliphatic heterocycles. The van der Waals surface area contributed by atoms with Gasteiger partial charge in [-0.3, -0.25) is 0 Å². The van der Waals surface area contributed by atoms with Gasteiger partial charge in [0, 0.05) is 10.3 Å². The van der Waals surface area contributed by atoms with Gasteiger partial charge in [0.2, 0.25) is 0 Å². The first kappa shape index (κ1) is 9.08. The standard InChI is InChI=1S/C9H13ClS/c1-8(10)4-2-5-9-6-3-7-11-9/h3,6-8H,2,4-5H2,1H3. The topological polar surface area (TPSA) is 0 Å². The third-order valence-corrected chi connectivity index (χ3v) is 2.76. The van der Waals surface area contributed by atoms with Crippen LogP contribution in [0, 0.1) is 0 Å². The highest BCUT2D eigenvalue weighted by Crippen LogP contribution is 2.13. The number of thiophene rings is 1. The molecule has 11 heavy (non-hydrogen) atoms. The first-order valence-electron chi connectivity index (χ1n) is 3.95. The molecule has 0 bridgehead atoms. The molecule has 0 saturated carbocycles. The first-order chi connectivity index (χ1) is 5.29. The number of halogens is 1. The highest BCUT2D eigenvalue weighted by Gasteiger charge is 1.97. The van der Waals surface area contributed by atoms with E-state index < -0.39 is 0 Å². The first-order valence-corrected chi connectivity index (χ1v) is 5.27. The van der Waals surface area contributed by atoms with Gasteiger partial charge in [-0.05, 0) is 37.6 Å². The summed E-state index contributed by atoms with van der Waals surface area (Å²) in [6, 6.07) is 4.29. The van der Waals surface area contributed by atoms with E-state index in [1.54, 1.807) is 0 Å². The molecule has 0 aliphatic carbocycles. The zero-order chi connectivity index (χ0) is 8.10. The van der Waals surface area contributed by atoms with E-state index in [0.29, 0.717) is 5.38 Å². The molecule has 0 aromatic carbocycles. The Bertz CT molecular complexity index is 179. The second-order valence-electron chi connectivity index (χ2n) is 2.75. The van der Waals surface area contributed by atoms with Crippen molar-refractivity contribution >= 4 is 22.9 Å². The Morgan fingerprint density at radius 3 is 3.00 bits per heavy atom. The smallest absolute Gasteiger partial charge is 0.0308 e. The minimum atomic E-state index is 0.329. The number of aryl methyl sites for hydroxylation is 1. The molecule has 1 heterocycles. The number of alkyl halides is 1. The highest BCUT2D eigenvalue weighted by atomic mass is 35.5. The van der Waals surface area contributed by atoms with Gasteiger partial charge < -0.3 is 0 Å². The van der Waals surface area contributed by atoms with Gasteiger partial charge in [-0.1, -0.05) is 6.07 Å². The minimum Gasteiger partial charge on any atom is -0.149 e. The lowest BCUT2D eigenvalue weighted by molar-refractivity contribution is 0.729. The number of rotatable bonds is 4. The summed E-state index contributed by atoms with van der Waals surface area (Å²) >= 11 is 7.65. The van der Waals surface area contributed by atoms with Crippen molar-refractivity contribution < 1.29 is 0 Å². The Kier molecular flexibility index (Phi) is 3.95. The second kappa shape index (κ2) is 4.78. The van der Waals surface area contributed by atoms with Gasteiger partial charge in [0.05, 0.1) is 0 Å². The molecule has 0 nitrogen and oxygen atoms in total. The van der Waals surface area contributed by atoms with E-state index in [2.05, 4.69) is 24.4 Å². The molecule has 1 atom stereocenters. The predicted octanol–water partition coefficient (Wildman–Crippen LogP) is 3.70. The van der Waals surface area contributed by atoms with Crippen molar-refractivity contribution in [3.8, 4) is 0 Å². The zero-order valence-electron chi connectivity index (χ0n) is 6.72. The van der Waals surface area contributed by atoms with Crippen molar-refractivity contribution in [1.29, 1.82) is 0 Å². The van der Waals surface area contributed by atoms with Gasteiger partial charge in [-0.2, -0.15) is 0 Å². The molecule has 1 unspecified atom stereocenters. The highest BCUT2D eigenvalue weighted by molar-refractivity contribution is 7.09. The Hall–Kier alpha value is -0.0100. The maximum absolute atomic E-state index is 5.82. The van der Waals surface area contributed by atoms with Crippen molar-refractivity contribution in [2.24, 2.45) is 0 Å². The summed E-state index contributed by atoms with van der Waals surface area (Å²) in [6.07, 6.45) is 3.53. The van der Waals surface area contributed by atoms with E-state index in [-0.39, 0.29) is 0 Å². The van der Waals surface area contributed by atoms with Crippen LogP contribution in [-0.4, -0.2) is 5.38 Å². The fraction of sp³-hybridized carbons (Fsp3) is 0.556. The Morgan fingerprint density at radius 2 is 2.45 bits per heavy atom. The Balaban J connectivity index is 2.14. The van der Waals surface area contributed by atoms with Crippen LogP contribution < -0.4 is 0 Å². The summed E-state index contributed by atoms with van der Waals surface area (Å²) in [5.74, 6) is 0. The van der Waals surface area contributed by atoms with E-state index >= 15 is 0 Å². The normalized spacial score (nSPS) is 13.3. The SMILES string of the molecule is CC(Cl)CCCc1cccs1. The summed E-state index contributed by atoms with van der Waals surface area (Å²) in [4.78, 5) is 1.47. The molecule has 1 aromatic heterocycles. The summed E-state index contributed by atoms with van der Waals surface area (Å²) in [5.41, 5.74) is 0. The molecule has 0 saturated heterocycles. The van der Waals surface area contributed by atoms with E-state index in [9.17, 15) is 0 Å². The maximum Gasteiger partial charge on any atom is 0.0308 e. The molecule has 1 aromatic rings. The summed E-state index contributed by atoms with van der Waals surface area (Å²) in [7, 11) is 0. The van der Waals surface area contributed by atoms with Gasteiger partial charge in [0.15, 0.2) is 0 Å². The Labute approximate surface area is 77.2 Å². The van der Waals surface area contributed by atoms with E-state index in [0.717, 1.165) is 6.42 Å². The summed E-state index contributed by atoms with van der Waals surface area (Å²) < 4.78 is 0. The predicted molar refractivity (Wildman–Crippen MR) is 52.6 cm³/mol. The Morgan fingerprint density at radius 1 is 1.64 bits per heavy atom. The lowest BCUT2D eigenvalue weighted by Gasteiger charge is -1.99. The molecule has 0 amide bonds. The van der Waals surface area contributed by atoms with Crippen molar-refractivity contribution in [3.05, 3.63) is 22.4 Å². The molecule has 1 rings (SSSR count). The molecular formula is C9H13ClS. The molecule has 0 fully saturated rings. The van der Waals surface area contributed by atoms with Gasteiger partial charge in [-0.25, -0.2) is 0 Å². The van der Waals surface area contributed by atoms with Crippen LogP contribution in [0.25, 0.3) is 0 Å². The van der Waals surface area contributed by atoms with Crippen molar-refractivity contribution in [2.75, 3.05) is 0 Å². The number of hydrogen-bond acceptors (Lipinski definition) is 1. The monoisotopic (exact) mass is 188 g/mol. The van der Waals surface area contributed by atoms with Crippen molar-refractivity contribution in [1.82, 2.24) is 0 Å². The van der Waals surface area contributed by atoms with E-state index in [1.165, 1.54) is 17.7 Å². The van der Waals surface area contributed by atoms with Gasteiger partial charge >= 0.3 is 0 Å². The van der Waals surface area contributed by atoms with Crippen LogP contribution >= 0.6 is 22.9 Å². The second-order valence-corrected chi connectivity index (χ2v) is 4.53. The van der Waals surface area contributed by atoms with Gasteiger partial charge in [-0.15, -0.1) is 22.9 Å². The average Bonchev–Trinajstić information content (AvgIpc) is 2.39. The molecule has 62 valence electrons. The molecular weight excluding hydrogens is 176 g/mol. The third kappa shape index (κ3) is 3.78. The number of hydrogen-bond donors (Lipinski definition) is 0. The van der Waals surface area contributed by atoms with Crippen LogP contribution in [0.3, 0.4) is 0 Å². The van der Waals surface area contributed by atoms with Crippen LogP contribution in [0.5, 0.6) is 0 Å².